The maximum Gasteiger partial charge on any atom is 0.125 e. The van der Waals surface area contributed by atoms with Crippen LogP contribution in [0.2, 0.25) is 5.02 Å². The second kappa shape index (κ2) is 6.50. The Morgan fingerprint density at radius 2 is 2.24 bits per heavy atom. The summed E-state index contributed by atoms with van der Waals surface area (Å²) >= 11 is 6.30. The Labute approximate surface area is 130 Å². The lowest BCUT2D eigenvalue weighted by molar-refractivity contribution is 0.314. The van der Waals surface area contributed by atoms with Gasteiger partial charge < -0.3 is 10.1 Å². The normalized spacial score (nSPS) is 14.4. The molecule has 1 N–H and O–H groups in total. The third kappa shape index (κ3) is 3.77. The molecule has 1 fully saturated rings. The molecule has 0 unspecified atom stereocenters. The third-order valence-corrected chi connectivity index (χ3v) is 4.11. The van der Waals surface area contributed by atoms with E-state index >= 15 is 0 Å². The largest absolute Gasteiger partial charge is 0.493 e. The fourth-order valence-corrected chi connectivity index (χ4v) is 2.52. The molecule has 0 spiro atoms. The standard InChI is InChI=1S/C16H20ClN3O/c1-20-13(7-9-19-20)8-10-21-16-4-2-3-15(17)14(16)11-18-12-5-6-12/h2-4,7,9,12,18H,5-6,8,10-11H2,1H3. The Bertz CT molecular complexity index is 607. The molecule has 112 valence electrons. The molecule has 1 aromatic carbocycles. The Balaban J connectivity index is 1.60. The number of aryl methyl sites for hydroxylation is 1. The minimum atomic E-state index is 0.621. The smallest absolute Gasteiger partial charge is 0.125 e. The zero-order valence-electron chi connectivity index (χ0n) is 12.2. The van der Waals surface area contributed by atoms with Crippen LogP contribution in [-0.2, 0) is 20.0 Å². The van der Waals surface area contributed by atoms with Crippen molar-refractivity contribution in [2.75, 3.05) is 6.61 Å². The summed E-state index contributed by atoms with van der Waals surface area (Å²) in [5, 5.41) is 8.41. The minimum absolute atomic E-state index is 0.621. The molecule has 1 heterocycles. The van der Waals surface area contributed by atoms with E-state index in [0.29, 0.717) is 12.6 Å². The number of hydrogen-bond acceptors (Lipinski definition) is 3. The summed E-state index contributed by atoms with van der Waals surface area (Å²) in [6, 6.07) is 8.50. The monoisotopic (exact) mass is 305 g/mol. The summed E-state index contributed by atoms with van der Waals surface area (Å²) in [6.07, 6.45) is 5.17. The lowest BCUT2D eigenvalue weighted by atomic mass is 10.2. The summed E-state index contributed by atoms with van der Waals surface area (Å²) in [7, 11) is 1.94. The summed E-state index contributed by atoms with van der Waals surface area (Å²) < 4.78 is 7.81. The molecular formula is C16H20ClN3O. The first-order valence-electron chi connectivity index (χ1n) is 7.34. The van der Waals surface area contributed by atoms with E-state index in [1.807, 2.05) is 36.0 Å². The van der Waals surface area contributed by atoms with Crippen LogP contribution in [0.1, 0.15) is 24.1 Å². The van der Waals surface area contributed by atoms with Gasteiger partial charge in [-0.15, -0.1) is 0 Å². The van der Waals surface area contributed by atoms with E-state index in [4.69, 9.17) is 16.3 Å². The highest BCUT2D eigenvalue weighted by molar-refractivity contribution is 6.31. The van der Waals surface area contributed by atoms with Gasteiger partial charge in [0.1, 0.15) is 5.75 Å². The Kier molecular flexibility index (Phi) is 4.46. The van der Waals surface area contributed by atoms with Crippen molar-refractivity contribution in [1.29, 1.82) is 0 Å². The molecule has 0 amide bonds. The minimum Gasteiger partial charge on any atom is -0.493 e. The molecule has 3 rings (SSSR count). The molecule has 4 nitrogen and oxygen atoms in total. The molecule has 0 aliphatic heterocycles. The molecule has 21 heavy (non-hydrogen) atoms. The molecule has 0 saturated heterocycles. The highest BCUT2D eigenvalue weighted by atomic mass is 35.5. The van der Waals surface area contributed by atoms with Gasteiger partial charge in [0.05, 0.1) is 6.61 Å². The average Bonchev–Trinajstić information content (AvgIpc) is 3.21. The molecule has 5 heteroatoms. The van der Waals surface area contributed by atoms with E-state index in [9.17, 15) is 0 Å². The first kappa shape index (κ1) is 14.4. The summed E-state index contributed by atoms with van der Waals surface area (Å²) in [5.41, 5.74) is 2.21. The van der Waals surface area contributed by atoms with E-state index < -0.39 is 0 Å². The summed E-state index contributed by atoms with van der Waals surface area (Å²) in [4.78, 5) is 0. The van der Waals surface area contributed by atoms with E-state index in [0.717, 1.165) is 35.0 Å². The predicted octanol–water partition coefficient (Wildman–Crippen LogP) is 2.95. The van der Waals surface area contributed by atoms with E-state index in [-0.39, 0.29) is 0 Å². The van der Waals surface area contributed by atoms with Crippen LogP contribution in [0.5, 0.6) is 5.75 Å². The number of benzene rings is 1. The predicted molar refractivity (Wildman–Crippen MR) is 83.7 cm³/mol. The maximum atomic E-state index is 6.30. The zero-order chi connectivity index (χ0) is 14.7. The highest BCUT2D eigenvalue weighted by Gasteiger charge is 2.21. The van der Waals surface area contributed by atoms with Gasteiger partial charge in [-0.05, 0) is 31.0 Å². The van der Waals surface area contributed by atoms with Crippen LogP contribution in [0.15, 0.2) is 30.5 Å². The van der Waals surface area contributed by atoms with Gasteiger partial charge >= 0.3 is 0 Å². The van der Waals surface area contributed by atoms with Gasteiger partial charge in [0.25, 0.3) is 0 Å². The number of nitrogens with zero attached hydrogens (tertiary/aromatic N) is 2. The number of rotatable bonds is 7. The molecule has 1 aliphatic rings. The van der Waals surface area contributed by atoms with Gasteiger partial charge in [-0.3, -0.25) is 4.68 Å². The fourth-order valence-electron chi connectivity index (χ4n) is 2.29. The van der Waals surface area contributed by atoms with Crippen molar-refractivity contribution in [2.45, 2.75) is 31.8 Å². The van der Waals surface area contributed by atoms with Crippen molar-refractivity contribution in [3.8, 4) is 5.75 Å². The van der Waals surface area contributed by atoms with Crippen molar-refractivity contribution >= 4 is 11.6 Å². The van der Waals surface area contributed by atoms with Crippen molar-refractivity contribution in [3.05, 3.63) is 46.7 Å². The van der Waals surface area contributed by atoms with Gasteiger partial charge in [-0.25, -0.2) is 0 Å². The van der Waals surface area contributed by atoms with Crippen molar-refractivity contribution < 1.29 is 4.74 Å². The fraction of sp³-hybridized carbons (Fsp3) is 0.438. The first-order valence-corrected chi connectivity index (χ1v) is 7.72. The zero-order valence-corrected chi connectivity index (χ0v) is 12.9. The van der Waals surface area contributed by atoms with Crippen LogP contribution in [0.4, 0.5) is 0 Å². The average molecular weight is 306 g/mol. The molecule has 1 aromatic heterocycles. The maximum absolute atomic E-state index is 6.30. The third-order valence-electron chi connectivity index (χ3n) is 3.76. The van der Waals surface area contributed by atoms with E-state index in [1.54, 1.807) is 6.20 Å². The van der Waals surface area contributed by atoms with Crippen LogP contribution in [0.3, 0.4) is 0 Å². The second-order valence-electron chi connectivity index (χ2n) is 5.42. The Morgan fingerprint density at radius 3 is 2.95 bits per heavy atom. The second-order valence-corrected chi connectivity index (χ2v) is 5.82. The SMILES string of the molecule is Cn1nccc1CCOc1cccc(Cl)c1CNC1CC1. The van der Waals surface area contributed by atoms with Gasteiger partial charge in [-0.2, -0.15) is 5.10 Å². The van der Waals surface area contributed by atoms with Gasteiger partial charge in [0.2, 0.25) is 0 Å². The van der Waals surface area contributed by atoms with Crippen LogP contribution in [0.25, 0.3) is 0 Å². The number of aromatic nitrogens is 2. The van der Waals surface area contributed by atoms with Crippen LogP contribution < -0.4 is 10.1 Å². The summed E-state index contributed by atoms with van der Waals surface area (Å²) in [6.45, 7) is 1.39. The number of hydrogen-bond donors (Lipinski definition) is 1. The highest BCUT2D eigenvalue weighted by Crippen LogP contribution is 2.28. The molecule has 1 aliphatic carbocycles. The van der Waals surface area contributed by atoms with Gasteiger partial charge in [0, 0.05) is 48.5 Å². The van der Waals surface area contributed by atoms with Crippen LogP contribution in [0, 0.1) is 0 Å². The quantitative estimate of drug-likeness (QED) is 0.855. The molecule has 0 radical (unpaired) electrons. The topological polar surface area (TPSA) is 39.1 Å². The molecule has 0 bridgehead atoms. The van der Waals surface area contributed by atoms with Crippen LogP contribution in [-0.4, -0.2) is 22.4 Å². The van der Waals surface area contributed by atoms with E-state index in [1.165, 1.54) is 12.8 Å². The molecule has 0 atom stereocenters. The van der Waals surface area contributed by atoms with Crippen molar-refractivity contribution in [3.63, 3.8) is 0 Å². The lowest BCUT2D eigenvalue weighted by Crippen LogP contribution is -2.17. The molecule has 1 saturated carbocycles. The number of halogens is 1. The molecule has 2 aromatic rings. The van der Waals surface area contributed by atoms with Crippen molar-refractivity contribution in [2.24, 2.45) is 7.05 Å². The van der Waals surface area contributed by atoms with E-state index in [2.05, 4.69) is 10.4 Å². The van der Waals surface area contributed by atoms with Crippen molar-refractivity contribution in [1.82, 2.24) is 15.1 Å². The molecular weight excluding hydrogens is 286 g/mol. The Hall–Kier alpha value is -1.52. The number of ether oxygens (including phenoxy) is 1. The first-order chi connectivity index (χ1) is 10.2. The summed E-state index contributed by atoms with van der Waals surface area (Å²) in [5.74, 6) is 0.873. The Morgan fingerprint density at radius 1 is 1.38 bits per heavy atom. The van der Waals surface area contributed by atoms with Gasteiger partial charge in [0.15, 0.2) is 0 Å². The van der Waals surface area contributed by atoms with Crippen LogP contribution >= 0.6 is 11.6 Å². The number of nitrogens with one attached hydrogen (secondary N) is 1. The van der Waals surface area contributed by atoms with Gasteiger partial charge in [-0.1, -0.05) is 17.7 Å². The lowest BCUT2D eigenvalue weighted by Gasteiger charge is -2.13.